The van der Waals surface area contributed by atoms with Crippen molar-refractivity contribution >= 4 is 5.91 Å². The van der Waals surface area contributed by atoms with E-state index in [-0.39, 0.29) is 24.3 Å². The lowest BCUT2D eigenvalue weighted by Gasteiger charge is -2.13. The molecule has 0 aliphatic heterocycles. The summed E-state index contributed by atoms with van der Waals surface area (Å²) in [6, 6.07) is 5.89. The van der Waals surface area contributed by atoms with Crippen molar-refractivity contribution in [1.29, 1.82) is 0 Å². The van der Waals surface area contributed by atoms with E-state index in [1.54, 1.807) is 19.1 Å². The highest BCUT2D eigenvalue weighted by Crippen LogP contribution is 2.12. The van der Waals surface area contributed by atoms with Gasteiger partial charge in [0.25, 0.3) is 0 Å². The SMILES string of the molecule is CC(NC(=O)CN)c1cccc(F)c1. The van der Waals surface area contributed by atoms with Gasteiger partial charge in [0.2, 0.25) is 5.91 Å². The Hall–Kier alpha value is -1.42. The Morgan fingerprint density at radius 3 is 2.93 bits per heavy atom. The second-order valence-corrected chi connectivity index (χ2v) is 3.05. The van der Waals surface area contributed by atoms with Gasteiger partial charge >= 0.3 is 0 Å². The monoisotopic (exact) mass is 196 g/mol. The maximum absolute atomic E-state index is 12.8. The highest BCUT2D eigenvalue weighted by Gasteiger charge is 2.08. The average Bonchev–Trinajstić information content (AvgIpc) is 2.17. The Labute approximate surface area is 82.1 Å². The summed E-state index contributed by atoms with van der Waals surface area (Å²) in [7, 11) is 0. The lowest BCUT2D eigenvalue weighted by atomic mass is 10.1. The molecule has 0 spiro atoms. The Morgan fingerprint density at radius 1 is 1.64 bits per heavy atom. The molecule has 0 radical (unpaired) electrons. The summed E-state index contributed by atoms with van der Waals surface area (Å²) in [6.07, 6.45) is 0. The number of hydrogen-bond acceptors (Lipinski definition) is 2. The molecule has 0 heterocycles. The molecule has 1 aromatic carbocycles. The first kappa shape index (κ1) is 10.7. The van der Waals surface area contributed by atoms with Gasteiger partial charge in [-0.1, -0.05) is 12.1 Å². The predicted molar refractivity (Wildman–Crippen MR) is 52.0 cm³/mol. The van der Waals surface area contributed by atoms with Gasteiger partial charge in [-0.05, 0) is 24.6 Å². The first-order valence-corrected chi connectivity index (χ1v) is 4.38. The van der Waals surface area contributed by atoms with Crippen LogP contribution in [0.5, 0.6) is 0 Å². The summed E-state index contributed by atoms with van der Waals surface area (Å²) in [4.78, 5) is 11.0. The molecule has 0 fully saturated rings. The number of carbonyl (C=O) groups is 1. The average molecular weight is 196 g/mol. The van der Waals surface area contributed by atoms with Gasteiger partial charge in [-0.15, -0.1) is 0 Å². The second-order valence-electron chi connectivity index (χ2n) is 3.05. The van der Waals surface area contributed by atoms with E-state index in [0.717, 1.165) is 5.56 Å². The van der Waals surface area contributed by atoms with Crippen LogP contribution in [0.15, 0.2) is 24.3 Å². The third-order valence-electron chi connectivity index (χ3n) is 1.91. The van der Waals surface area contributed by atoms with Crippen LogP contribution in [0.1, 0.15) is 18.5 Å². The molecule has 0 aliphatic carbocycles. The topological polar surface area (TPSA) is 55.1 Å². The van der Waals surface area contributed by atoms with Crippen LogP contribution >= 0.6 is 0 Å². The van der Waals surface area contributed by atoms with Crippen molar-refractivity contribution in [2.75, 3.05) is 6.54 Å². The summed E-state index contributed by atoms with van der Waals surface area (Å²) < 4.78 is 12.8. The van der Waals surface area contributed by atoms with Crippen molar-refractivity contribution in [1.82, 2.24) is 5.32 Å². The van der Waals surface area contributed by atoms with Crippen LogP contribution in [0.2, 0.25) is 0 Å². The molecule has 1 amide bonds. The molecule has 0 aliphatic rings. The molecule has 4 heteroatoms. The molecule has 0 aromatic heterocycles. The fraction of sp³-hybridized carbons (Fsp3) is 0.300. The molecule has 76 valence electrons. The van der Waals surface area contributed by atoms with Crippen LogP contribution in [-0.2, 0) is 4.79 Å². The van der Waals surface area contributed by atoms with Crippen molar-refractivity contribution in [2.24, 2.45) is 5.73 Å². The third kappa shape index (κ3) is 2.81. The third-order valence-corrected chi connectivity index (χ3v) is 1.91. The molecule has 1 unspecified atom stereocenters. The first-order chi connectivity index (χ1) is 6.63. The first-order valence-electron chi connectivity index (χ1n) is 4.38. The fourth-order valence-electron chi connectivity index (χ4n) is 1.16. The number of nitrogens with two attached hydrogens (primary N) is 1. The number of carbonyl (C=O) groups excluding carboxylic acids is 1. The Bertz CT molecular complexity index is 328. The van der Waals surface area contributed by atoms with Gasteiger partial charge in [0.05, 0.1) is 12.6 Å². The second kappa shape index (κ2) is 4.72. The van der Waals surface area contributed by atoms with Gasteiger partial charge in [-0.25, -0.2) is 4.39 Å². The fourth-order valence-corrected chi connectivity index (χ4v) is 1.16. The van der Waals surface area contributed by atoms with Crippen molar-refractivity contribution < 1.29 is 9.18 Å². The van der Waals surface area contributed by atoms with E-state index in [1.807, 2.05) is 0 Å². The number of rotatable bonds is 3. The Morgan fingerprint density at radius 2 is 2.36 bits per heavy atom. The summed E-state index contributed by atoms with van der Waals surface area (Å²) in [5.74, 6) is -0.557. The number of nitrogens with one attached hydrogen (secondary N) is 1. The minimum Gasteiger partial charge on any atom is -0.348 e. The van der Waals surface area contributed by atoms with Gasteiger partial charge in [-0.3, -0.25) is 4.79 Å². The molecular formula is C10H13FN2O. The summed E-state index contributed by atoms with van der Waals surface area (Å²) in [5, 5.41) is 2.64. The van der Waals surface area contributed by atoms with Gasteiger partial charge in [0, 0.05) is 0 Å². The number of halogens is 1. The normalized spacial score (nSPS) is 12.2. The van der Waals surface area contributed by atoms with Gasteiger partial charge in [-0.2, -0.15) is 0 Å². The lowest BCUT2D eigenvalue weighted by Crippen LogP contribution is -2.32. The van der Waals surface area contributed by atoms with Crippen molar-refractivity contribution in [3.05, 3.63) is 35.6 Å². The van der Waals surface area contributed by atoms with Gasteiger partial charge < -0.3 is 11.1 Å². The Balaban J connectivity index is 2.69. The molecule has 1 aromatic rings. The quantitative estimate of drug-likeness (QED) is 0.756. The zero-order valence-corrected chi connectivity index (χ0v) is 7.96. The largest absolute Gasteiger partial charge is 0.348 e. The van der Waals surface area contributed by atoms with Gasteiger partial charge in [0.1, 0.15) is 5.82 Å². The van der Waals surface area contributed by atoms with E-state index in [2.05, 4.69) is 5.32 Å². The number of hydrogen-bond donors (Lipinski definition) is 2. The van der Waals surface area contributed by atoms with Crippen LogP contribution in [0.25, 0.3) is 0 Å². The maximum Gasteiger partial charge on any atom is 0.234 e. The van der Waals surface area contributed by atoms with Crippen molar-refractivity contribution in [3.8, 4) is 0 Å². The van der Waals surface area contributed by atoms with Crippen molar-refractivity contribution in [2.45, 2.75) is 13.0 Å². The zero-order valence-electron chi connectivity index (χ0n) is 7.96. The number of benzene rings is 1. The molecular weight excluding hydrogens is 183 g/mol. The summed E-state index contributed by atoms with van der Waals surface area (Å²) >= 11 is 0. The standard InChI is InChI=1S/C10H13FN2O/c1-7(13-10(14)6-12)8-3-2-4-9(11)5-8/h2-5,7H,6,12H2,1H3,(H,13,14). The van der Waals surface area contributed by atoms with E-state index in [0.29, 0.717) is 0 Å². The molecule has 0 saturated heterocycles. The highest BCUT2D eigenvalue weighted by atomic mass is 19.1. The summed E-state index contributed by atoms with van der Waals surface area (Å²) in [5.41, 5.74) is 5.87. The smallest absolute Gasteiger partial charge is 0.234 e. The van der Waals surface area contributed by atoms with Crippen LogP contribution < -0.4 is 11.1 Å². The van der Waals surface area contributed by atoms with Gasteiger partial charge in [0.15, 0.2) is 0 Å². The highest BCUT2D eigenvalue weighted by molar-refractivity contribution is 5.78. The lowest BCUT2D eigenvalue weighted by molar-refractivity contribution is -0.120. The maximum atomic E-state index is 12.8. The van der Waals surface area contributed by atoms with Crippen LogP contribution in [-0.4, -0.2) is 12.5 Å². The molecule has 0 saturated carbocycles. The van der Waals surface area contributed by atoms with Crippen LogP contribution in [0.3, 0.4) is 0 Å². The Kier molecular flexibility index (Phi) is 3.59. The molecule has 3 N–H and O–H groups in total. The minimum atomic E-state index is -0.309. The molecule has 1 rings (SSSR count). The van der Waals surface area contributed by atoms with E-state index in [1.165, 1.54) is 12.1 Å². The van der Waals surface area contributed by atoms with Crippen LogP contribution in [0, 0.1) is 5.82 Å². The molecule has 3 nitrogen and oxygen atoms in total. The predicted octanol–water partition coefficient (Wildman–Crippen LogP) is 0.962. The molecule has 14 heavy (non-hydrogen) atoms. The molecule has 1 atom stereocenters. The van der Waals surface area contributed by atoms with E-state index in [9.17, 15) is 9.18 Å². The number of amides is 1. The van der Waals surface area contributed by atoms with E-state index in [4.69, 9.17) is 5.73 Å². The molecule has 0 bridgehead atoms. The van der Waals surface area contributed by atoms with E-state index >= 15 is 0 Å². The van der Waals surface area contributed by atoms with Crippen LogP contribution in [0.4, 0.5) is 4.39 Å². The van der Waals surface area contributed by atoms with E-state index < -0.39 is 0 Å². The van der Waals surface area contributed by atoms with Crippen molar-refractivity contribution in [3.63, 3.8) is 0 Å². The summed E-state index contributed by atoms with van der Waals surface area (Å²) in [6.45, 7) is 1.72. The minimum absolute atomic E-state index is 0.0559. The zero-order chi connectivity index (χ0) is 10.6.